The SMILES string of the molecule is Cc1cc(CN(CCN(C)C)CC(C)C)oc1C(=O)O. The number of carbonyl (C=O) groups is 1. The summed E-state index contributed by atoms with van der Waals surface area (Å²) >= 11 is 0. The highest BCUT2D eigenvalue weighted by Gasteiger charge is 2.17. The predicted molar refractivity (Wildman–Crippen MR) is 79.1 cm³/mol. The van der Waals surface area contributed by atoms with Gasteiger partial charge < -0.3 is 14.4 Å². The standard InChI is InChI=1S/C15H26N2O3/c1-11(2)9-17(7-6-16(4)5)10-13-8-12(3)14(20-13)15(18)19/h8,11H,6-7,9-10H2,1-5H3,(H,18,19). The summed E-state index contributed by atoms with van der Waals surface area (Å²) in [7, 11) is 4.10. The molecule has 0 atom stereocenters. The average Bonchev–Trinajstić information content (AvgIpc) is 2.66. The molecule has 20 heavy (non-hydrogen) atoms. The number of hydrogen-bond acceptors (Lipinski definition) is 4. The average molecular weight is 282 g/mol. The van der Waals surface area contributed by atoms with E-state index in [1.807, 2.05) is 20.2 Å². The molecule has 0 aliphatic rings. The number of nitrogens with zero attached hydrogens (tertiary/aromatic N) is 2. The predicted octanol–water partition coefficient (Wildman–Crippen LogP) is 2.31. The second kappa shape index (κ2) is 7.45. The van der Waals surface area contributed by atoms with Gasteiger partial charge in [-0.1, -0.05) is 13.8 Å². The van der Waals surface area contributed by atoms with Crippen molar-refractivity contribution < 1.29 is 14.3 Å². The Kier molecular flexibility index (Phi) is 6.23. The number of aromatic carboxylic acids is 1. The molecule has 1 heterocycles. The van der Waals surface area contributed by atoms with Crippen LogP contribution in [0.15, 0.2) is 10.5 Å². The molecule has 1 N–H and O–H groups in total. The van der Waals surface area contributed by atoms with Gasteiger partial charge in [-0.15, -0.1) is 0 Å². The van der Waals surface area contributed by atoms with Crippen LogP contribution in [0.2, 0.25) is 0 Å². The van der Waals surface area contributed by atoms with Crippen LogP contribution in [0.5, 0.6) is 0 Å². The smallest absolute Gasteiger partial charge is 0.372 e. The third kappa shape index (κ3) is 5.35. The minimum atomic E-state index is -1.00. The number of carboxylic acids is 1. The molecule has 0 fully saturated rings. The molecule has 0 spiro atoms. The summed E-state index contributed by atoms with van der Waals surface area (Å²) in [5, 5.41) is 9.02. The maximum absolute atomic E-state index is 11.0. The van der Waals surface area contributed by atoms with Crippen molar-refractivity contribution in [2.45, 2.75) is 27.3 Å². The minimum Gasteiger partial charge on any atom is -0.475 e. The van der Waals surface area contributed by atoms with Crippen molar-refractivity contribution in [3.05, 3.63) is 23.2 Å². The highest BCUT2D eigenvalue weighted by molar-refractivity contribution is 5.86. The van der Waals surface area contributed by atoms with Gasteiger partial charge in [-0.3, -0.25) is 4.90 Å². The van der Waals surface area contributed by atoms with Gasteiger partial charge in [0.25, 0.3) is 0 Å². The van der Waals surface area contributed by atoms with Gasteiger partial charge in [-0.2, -0.15) is 0 Å². The Morgan fingerprint density at radius 1 is 1.35 bits per heavy atom. The van der Waals surface area contributed by atoms with E-state index >= 15 is 0 Å². The van der Waals surface area contributed by atoms with Gasteiger partial charge in [-0.05, 0) is 33.0 Å². The molecule has 0 saturated heterocycles. The fourth-order valence-corrected chi connectivity index (χ4v) is 2.15. The van der Waals surface area contributed by atoms with Crippen LogP contribution in [-0.4, -0.2) is 54.6 Å². The zero-order valence-corrected chi connectivity index (χ0v) is 13.1. The van der Waals surface area contributed by atoms with Gasteiger partial charge in [0.05, 0.1) is 6.54 Å². The second-order valence-electron chi connectivity index (χ2n) is 5.96. The van der Waals surface area contributed by atoms with Crippen LogP contribution in [0.4, 0.5) is 0 Å². The molecule has 1 aromatic heterocycles. The Morgan fingerprint density at radius 2 is 2.00 bits per heavy atom. The summed E-state index contributed by atoms with van der Waals surface area (Å²) in [6.07, 6.45) is 0. The summed E-state index contributed by atoms with van der Waals surface area (Å²) in [6.45, 7) is 9.65. The van der Waals surface area contributed by atoms with Crippen molar-refractivity contribution >= 4 is 5.97 Å². The minimum absolute atomic E-state index is 0.0529. The van der Waals surface area contributed by atoms with Crippen LogP contribution in [0, 0.1) is 12.8 Å². The Hall–Kier alpha value is -1.33. The molecule has 0 amide bonds. The Bertz CT molecular complexity index is 438. The Labute approximate surface area is 121 Å². The first-order valence-corrected chi connectivity index (χ1v) is 6.99. The van der Waals surface area contributed by atoms with Crippen molar-refractivity contribution in [3.63, 3.8) is 0 Å². The number of furan rings is 1. The number of rotatable bonds is 8. The Balaban J connectivity index is 2.72. The summed E-state index contributed by atoms with van der Waals surface area (Å²) in [4.78, 5) is 15.4. The van der Waals surface area contributed by atoms with E-state index in [2.05, 4.69) is 23.6 Å². The van der Waals surface area contributed by atoms with Gasteiger partial charge in [-0.25, -0.2) is 4.79 Å². The van der Waals surface area contributed by atoms with Gasteiger partial charge in [0.1, 0.15) is 5.76 Å². The fraction of sp³-hybridized carbons (Fsp3) is 0.667. The zero-order valence-electron chi connectivity index (χ0n) is 13.1. The largest absolute Gasteiger partial charge is 0.475 e. The van der Waals surface area contributed by atoms with Gasteiger partial charge in [0.2, 0.25) is 5.76 Å². The molecular weight excluding hydrogens is 256 g/mol. The molecule has 5 nitrogen and oxygen atoms in total. The number of hydrogen-bond donors (Lipinski definition) is 1. The molecule has 0 saturated carbocycles. The van der Waals surface area contributed by atoms with Crippen molar-refractivity contribution in [1.82, 2.24) is 9.80 Å². The van der Waals surface area contributed by atoms with Crippen molar-refractivity contribution in [1.29, 1.82) is 0 Å². The van der Waals surface area contributed by atoms with Crippen LogP contribution in [-0.2, 0) is 6.54 Å². The third-order valence-corrected chi connectivity index (χ3v) is 3.03. The van der Waals surface area contributed by atoms with E-state index in [0.717, 1.165) is 25.4 Å². The molecule has 1 rings (SSSR count). The molecule has 0 radical (unpaired) electrons. The zero-order chi connectivity index (χ0) is 15.3. The highest BCUT2D eigenvalue weighted by atomic mass is 16.4. The first-order chi connectivity index (χ1) is 9.29. The van der Waals surface area contributed by atoms with E-state index in [-0.39, 0.29) is 5.76 Å². The van der Waals surface area contributed by atoms with Crippen LogP contribution >= 0.6 is 0 Å². The summed E-state index contributed by atoms with van der Waals surface area (Å²) in [5.74, 6) is 0.334. The lowest BCUT2D eigenvalue weighted by molar-refractivity contribution is 0.0656. The monoisotopic (exact) mass is 282 g/mol. The Morgan fingerprint density at radius 3 is 2.45 bits per heavy atom. The first-order valence-electron chi connectivity index (χ1n) is 6.99. The van der Waals surface area contributed by atoms with Crippen LogP contribution in [0.3, 0.4) is 0 Å². The first kappa shape index (κ1) is 16.7. The quantitative estimate of drug-likeness (QED) is 0.793. The molecule has 114 valence electrons. The number of aryl methyl sites for hydroxylation is 1. The van der Waals surface area contributed by atoms with Gasteiger partial charge in [0.15, 0.2) is 0 Å². The number of carboxylic acid groups (broad SMARTS) is 1. The molecule has 0 bridgehead atoms. The fourth-order valence-electron chi connectivity index (χ4n) is 2.15. The van der Waals surface area contributed by atoms with E-state index in [0.29, 0.717) is 18.0 Å². The summed E-state index contributed by atoms with van der Waals surface area (Å²) < 4.78 is 5.44. The maximum Gasteiger partial charge on any atom is 0.372 e. The molecule has 1 aromatic rings. The van der Waals surface area contributed by atoms with Crippen molar-refractivity contribution in [3.8, 4) is 0 Å². The lowest BCUT2D eigenvalue weighted by Crippen LogP contribution is -2.33. The lowest BCUT2D eigenvalue weighted by Gasteiger charge is -2.24. The third-order valence-electron chi connectivity index (χ3n) is 3.03. The molecule has 0 aliphatic heterocycles. The van der Waals surface area contributed by atoms with Crippen LogP contribution in [0.25, 0.3) is 0 Å². The van der Waals surface area contributed by atoms with E-state index in [4.69, 9.17) is 9.52 Å². The molecular formula is C15H26N2O3. The highest BCUT2D eigenvalue weighted by Crippen LogP contribution is 2.17. The second-order valence-corrected chi connectivity index (χ2v) is 5.96. The molecule has 0 unspecified atom stereocenters. The van der Waals surface area contributed by atoms with E-state index in [1.165, 1.54) is 0 Å². The number of likely N-dealkylation sites (N-methyl/N-ethyl adjacent to an activating group) is 1. The van der Waals surface area contributed by atoms with E-state index < -0.39 is 5.97 Å². The summed E-state index contributed by atoms with van der Waals surface area (Å²) in [5.41, 5.74) is 0.685. The van der Waals surface area contributed by atoms with Crippen molar-refractivity contribution in [2.24, 2.45) is 5.92 Å². The van der Waals surface area contributed by atoms with Gasteiger partial charge in [0, 0.05) is 25.2 Å². The van der Waals surface area contributed by atoms with E-state index in [9.17, 15) is 4.79 Å². The molecule has 0 aromatic carbocycles. The topological polar surface area (TPSA) is 56.9 Å². The normalized spacial score (nSPS) is 11.8. The van der Waals surface area contributed by atoms with Gasteiger partial charge >= 0.3 is 5.97 Å². The molecule has 0 aliphatic carbocycles. The van der Waals surface area contributed by atoms with Crippen molar-refractivity contribution in [2.75, 3.05) is 33.7 Å². The van der Waals surface area contributed by atoms with Crippen LogP contribution in [0.1, 0.15) is 35.7 Å². The molecule has 5 heteroatoms. The lowest BCUT2D eigenvalue weighted by atomic mass is 10.2. The van der Waals surface area contributed by atoms with E-state index in [1.54, 1.807) is 6.92 Å². The maximum atomic E-state index is 11.0. The van der Waals surface area contributed by atoms with Crippen LogP contribution < -0.4 is 0 Å². The summed E-state index contributed by atoms with van der Waals surface area (Å²) in [6, 6.07) is 1.83.